The Labute approximate surface area is 102 Å². The molecule has 0 aliphatic carbocycles. The fourth-order valence-corrected chi connectivity index (χ4v) is 2.22. The molecule has 0 saturated heterocycles. The van der Waals surface area contributed by atoms with Gasteiger partial charge in [-0.2, -0.15) is 0 Å². The second-order valence-corrected chi connectivity index (χ2v) is 4.30. The Morgan fingerprint density at radius 3 is 1.71 bits per heavy atom. The van der Waals surface area contributed by atoms with Crippen LogP contribution >= 0.6 is 0 Å². The molecule has 0 atom stereocenters. The lowest BCUT2D eigenvalue weighted by Gasteiger charge is -2.16. The Balaban J connectivity index is 2.40. The molecule has 0 aliphatic heterocycles. The fourth-order valence-electron chi connectivity index (χ4n) is 2.22. The van der Waals surface area contributed by atoms with Crippen molar-refractivity contribution >= 4 is 11.4 Å². The molecular formula is C15H18N2. The first-order chi connectivity index (χ1) is 8.20. The predicted molar refractivity (Wildman–Crippen MR) is 73.8 cm³/mol. The van der Waals surface area contributed by atoms with Crippen molar-refractivity contribution in [2.24, 2.45) is 0 Å². The molecular weight excluding hydrogens is 208 g/mol. The third-order valence-electron chi connectivity index (χ3n) is 3.03. The van der Waals surface area contributed by atoms with Gasteiger partial charge in [-0.25, -0.2) is 0 Å². The van der Waals surface area contributed by atoms with Gasteiger partial charge in [-0.15, -0.1) is 0 Å². The highest BCUT2D eigenvalue weighted by atomic mass is 14.5. The molecule has 2 nitrogen and oxygen atoms in total. The summed E-state index contributed by atoms with van der Waals surface area (Å²) in [5.41, 5.74) is 15.8. The molecule has 0 fully saturated rings. The number of hydrogen-bond acceptors (Lipinski definition) is 2. The van der Waals surface area contributed by atoms with Crippen molar-refractivity contribution in [1.29, 1.82) is 0 Å². The molecule has 0 spiro atoms. The highest BCUT2D eigenvalue weighted by Crippen LogP contribution is 2.29. The Morgan fingerprint density at radius 2 is 1.35 bits per heavy atom. The van der Waals surface area contributed by atoms with Gasteiger partial charge in [-0.05, 0) is 41.8 Å². The second kappa shape index (κ2) is 4.91. The van der Waals surface area contributed by atoms with Crippen LogP contribution in [0.25, 0.3) is 0 Å². The van der Waals surface area contributed by atoms with E-state index in [0.717, 1.165) is 17.8 Å². The van der Waals surface area contributed by atoms with E-state index in [1.54, 1.807) is 0 Å². The van der Waals surface area contributed by atoms with Crippen LogP contribution < -0.4 is 11.5 Å². The molecule has 2 aromatic rings. The summed E-state index contributed by atoms with van der Waals surface area (Å²) in [6, 6.07) is 16.1. The monoisotopic (exact) mass is 226 g/mol. The van der Waals surface area contributed by atoms with Crippen LogP contribution in [0.15, 0.2) is 48.5 Å². The maximum absolute atomic E-state index is 5.83. The first-order valence-corrected chi connectivity index (χ1v) is 5.91. The predicted octanol–water partition coefficient (Wildman–Crippen LogP) is 3.39. The highest BCUT2D eigenvalue weighted by molar-refractivity contribution is 5.47. The largest absolute Gasteiger partial charge is 0.399 e. The molecule has 0 aromatic heterocycles. The van der Waals surface area contributed by atoms with E-state index in [9.17, 15) is 0 Å². The molecule has 0 unspecified atom stereocenters. The average molecular weight is 226 g/mol. The molecule has 17 heavy (non-hydrogen) atoms. The van der Waals surface area contributed by atoms with Gasteiger partial charge in [-0.1, -0.05) is 31.2 Å². The van der Waals surface area contributed by atoms with Crippen molar-refractivity contribution in [1.82, 2.24) is 0 Å². The van der Waals surface area contributed by atoms with Gasteiger partial charge in [-0.3, -0.25) is 0 Å². The van der Waals surface area contributed by atoms with Crippen LogP contribution in [-0.2, 0) is 0 Å². The van der Waals surface area contributed by atoms with Crippen LogP contribution in [0.1, 0.15) is 30.4 Å². The fraction of sp³-hybridized carbons (Fsp3) is 0.200. The third-order valence-corrected chi connectivity index (χ3v) is 3.03. The van der Waals surface area contributed by atoms with Gasteiger partial charge in [0, 0.05) is 17.3 Å². The summed E-state index contributed by atoms with van der Waals surface area (Å²) in [5.74, 6) is 0.363. The van der Waals surface area contributed by atoms with E-state index in [4.69, 9.17) is 11.5 Å². The molecule has 0 amide bonds. The Hall–Kier alpha value is -1.96. The molecule has 4 N–H and O–H groups in total. The molecule has 2 aromatic carbocycles. The molecule has 88 valence electrons. The standard InChI is InChI=1S/C15H18N2/c1-2-15(11-5-3-7-13(16)9-11)12-6-4-8-14(17)10-12/h3-10,15H,2,16-17H2,1H3. The zero-order valence-electron chi connectivity index (χ0n) is 10.1. The Morgan fingerprint density at radius 1 is 0.882 bits per heavy atom. The van der Waals surface area contributed by atoms with Crippen molar-refractivity contribution in [3.63, 3.8) is 0 Å². The number of nitrogen functional groups attached to an aromatic ring is 2. The van der Waals surface area contributed by atoms with E-state index >= 15 is 0 Å². The summed E-state index contributed by atoms with van der Waals surface area (Å²) in [4.78, 5) is 0. The minimum atomic E-state index is 0.363. The van der Waals surface area contributed by atoms with E-state index in [-0.39, 0.29) is 0 Å². The van der Waals surface area contributed by atoms with E-state index in [1.165, 1.54) is 11.1 Å². The smallest absolute Gasteiger partial charge is 0.0316 e. The molecule has 2 rings (SSSR count). The van der Waals surface area contributed by atoms with E-state index in [0.29, 0.717) is 5.92 Å². The SMILES string of the molecule is CCC(c1cccc(N)c1)c1cccc(N)c1. The van der Waals surface area contributed by atoms with E-state index in [2.05, 4.69) is 19.1 Å². The van der Waals surface area contributed by atoms with Crippen molar-refractivity contribution < 1.29 is 0 Å². The van der Waals surface area contributed by atoms with E-state index < -0.39 is 0 Å². The van der Waals surface area contributed by atoms with Crippen molar-refractivity contribution in [2.75, 3.05) is 11.5 Å². The lowest BCUT2D eigenvalue weighted by molar-refractivity contribution is 0.778. The van der Waals surface area contributed by atoms with Crippen LogP contribution in [-0.4, -0.2) is 0 Å². The maximum atomic E-state index is 5.83. The molecule has 0 radical (unpaired) electrons. The summed E-state index contributed by atoms with van der Waals surface area (Å²) in [5, 5.41) is 0. The Kier molecular flexibility index (Phi) is 3.33. The van der Waals surface area contributed by atoms with Gasteiger partial charge in [0.2, 0.25) is 0 Å². The minimum absolute atomic E-state index is 0.363. The van der Waals surface area contributed by atoms with Gasteiger partial charge in [0.15, 0.2) is 0 Å². The summed E-state index contributed by atoms with van der Waals surface area (Å²) in [7, 11) is 0. The summed E-state index contributed by atoms with van der Waals surface area (Å²) in [6.07, 6.45) is 1.03. The topological polar surface area (TPSA) is 52.0 Å². The van der Waals surface area contributed by atoms with Crippen LogP contribution in [0.4, 0.5) is 11.4 Å². The number of hydrogen-bond donors (Lipinski definition) is 2. The third kappa shape index (κ3) is 2.59. The molecule has 0 saturated carbocycles. The molecule has 0 bridgehead atoms. The van der Waals surface area contributed by atoms with Crippen LogP contribution in [0.2, 0.25) is 0 Å². The highest BCUT2D eigenvalue weighted by Gasteiger charge is 2.12. The first kappa shape index (κ1) is 11.5. The number of benzene rings is 2. The second-order valence-electron chi connectivity index (χ2n) is 4.30. The van der Waals surface area contributed by atoms with Crippen LogP contribution in [0, 0.1) is 0 Å². The molecule has 0 aliphatic rings. The normalized spacial score (nSPS) is 10.7. The zero-order valence-corrected chi connectivity index (χ0v) is 10.1. The van der Waals surface area contributed by atoms with Gasteiger partial charge in [0.25, 0.3) is 0 Å². The van der Waals surface area contributed by atoms with E-state index in [1.807, 2.05) is 36.4 Å². The lowest BCUT2D eigenvalue weighted by Crippen LogP contribution is -2.01. The summed E-state index contributed by atoms with van der Waals surface area (Å²) >= 11 is 0. The van der Waals surface area contributed by atoms with Crippen LogP contribution in [0.3, 0.4) is 0 Å². The molecule has 2 heteroatoms. The Bertz CT molecular complexity index is 460. The minimum Gasteiger partial charge on any atom is -0.399 e. The van der Waals surface area contributed by atoms with Crippen molar-refractivity contribution in [3.05, 3.63) is 59.7 Å². The van der Waals surface area contributed by atoms with Gasteiger partial charge in [0.1, 0.15) is 0 Å². The zero-order chi connectivity index (χ0) is 12.3. The molecule has 0 heterocycles. The average Bonchev–Trinajstić information content (AvgIpc) is 2.30. The summed E-state index contributed by atoms with van der Waals surface area (Å²) in [6.45, 7) is 2.18. The lowest BCUT2D eigenvalue weighted by atomic mass is 9.89. The van der Waals surface area contributed by atoms with Gasteiger partial charge >= 0.3 is 0 Å². The van der Waals surface area contributed by atoms with Crippen molar-refractivity contribution in [3.8, 4) is 0 Å². The van der Waals surface area contributed by atoms with Crippen molar-refractivity contribution in [2.45, 2.75) is 19.3 Å². The van der Waals surface area contributed by atoms with Crippen LogP contribution in [0.5, 0.6) is 0 Å². The first-order valence-electron chi connectivity index (χ1n) is 5.91. The van der Waals surface area contributed by atoms with Gasteiger partial charge < -0.3 is 11.5 Å². The maximum Gasteiger partial charge on any atom is 0.0316 e. The quantitative estimate of drug-likeness (QED) is 0.788. The van der Waals surface area contributed by atoms with Gasteiger partial charge in [0.05, 0.1) is 0 Å². The summed E-state index contributed by atoms with van der Waals surface area (Å²) < 4.78 is 0. The number of nitrogens with two attached hydrogens (primary N) is 2. The number of anilines is 2. The number of rotatable bonds is 3.